The average molecular weight is 1840 g/mol. The molecular weight excluding hydrogens is 1730 g/mol. The molecule has 668 valence electrons. The van der Waals surface area contributed by atoms with Gasteiger partial charge in [0.15, 0.2) is 23.5 Å². The lowest BCUT2D eigenvalue weighted by atomic mass is 9.96. The van der Waals surface area contributed by atoms with Gasteiger partial charge in [0.1, 0.15) is 11.7 Å². The van der Waals surface area contributed by atoms with E-state index in [1.807, 2.05) is 97.8 Å². The first-order valence-electron chi connectivity index (χ1n) is 42.0. The number of halogens is 2. The molecule has 0 spiro atoms. The summed E-state index contributed by atoms with van der Waals surface area (Å²) in [5.74, 6) is 2.42. The van der Waals surface area contributed by atoms with Gasteiger partial charge in [-0.15, -0.1) is 10.2 Å². The molecular formula is C87H105Cl2N21O12S4. The first-order chi connectivity index (χ1) is 59.6. The van der Waals surface area contributed by atoms with E-state index in [4.69, 9.17) is 43.4 Å². The summed E-state index contributed by atoms with van der Waals surface area (Å²) < 4.78 is 110. The summed E-state index contributed by atoms with van der Waals surface area (Å²) in [6, 6.07) is 30.7. The molecule has 0 saturated carbocycles. The molecule has 17 rings (SSSR count). The third-order valence-corrected chi connectivity index (χ3v) is 25.8. The van der Waals surface area contributed by atoms with Crippen molar-refractivity contribution in [3.63, 3.8) is 0 Å². The number of carbonyl (C=O) groups excluding carboxylic acids is 4. The largest absolute Gasteiger partial charge is 0.361 e. The van der Waals surface area contributed by atoms with Crippen LogP contribution in [0.4, 0.5) is 28.6 Å². The van der Waals surface area contributed by atoms with Crippen molar-refractivity contribution in [3.05, 3.63) is 210 Å². The maximum atomic E-state index is 13.7. The number of aromatic nitrogens is 9. The van der Waals surface area contributed by atoms with E-state index in [-0.39, 0.29) is 88.2 Å². The molecule has 4 aromatic carbocycles. The van der Waals surface area contributed by atoms with Gasteiger partial charge in [0.05, 0.1) is 106 Å². The number of aryl methyl sites for hydroxylation is 6. The van der Waals surface area contributed by atoms with Crippen molar-refractivity contribution < 1.29 is 52.8 Å². The van der Waals surface area contributed by atoms with Gasteiger partial charge >= 0.3 is 0 Å². The van der Waals surface area contributed by atoms with Gasteiger partial charge in [0.25, 0.3) is 29.4 Å². The van der Waals surface area contributed by atoms with E-state index in [1.54, 1.807) is 62.8 Å². The van der Waals surface area contributed by atoms with E-state index in [9.17, 15) is 52.8 Å². The Balaban J connectivity index is 0.000000136. The normalized spacial score (nSPS) is 19.7. The quantitative estimate of drug-likeness (QED) is 0.0565. The molecule has 7 aliphatic rings. The van der Waals surface area contributed by atoms with Crippen molar-refractivity contribution in [1.29, 1.82) is 0 Å². The lowest BCUT2D eigenvalue weighted by Crippen LogP contribution is -2.52. The lowest BCUT2D eigenvalue weighted by Gasteiger charge is -2.36. The molecule has 3 unspecified atom stereocenters. The molecule has 33 nitrogen and oxygen atoms in total. The number of likely N-dealkylation sites (tertiary alicyclic amines) is 4. The number of amidine groups is 1. The molecule has 6 atom stereocenters. The zero-order valence-corrected chi connectivity index (χ0v) is 77.2. The maximum absolute atomic E-state index is 13.7. The van der Waals surface area contributed by atoms with E-state index >= 15 is 0 Å². The van der Waals surface area contributed by atoms with Gasteiger partial charge in [0, 0.05) is 78.3 Å². The molecule has 126 heavy (non-hydrogen) atoms. The van der Waals surface area contributed by atoms with Crippen LogP contribution in [0, 0.1) is 41.5 Å². The molecule has 6 aromatic heterocycles. The van der Waals surface area contributed by atoms with Crippen LogP contribution in [0.5, 0.6) is 0 Å². The Kier molecular flexibility index (Phi) is 27.1. The third kappa shape index (κ3) is 21.6. The van der Waals surface area contributed by atoms with Crippen molar-refractivity contribution in [2.75, 3.05) is 88.1 Å². The number of sulfonamides is 4. The molecule has 5 N–H and O–H groups in total. The van der Waals surface area contributed by atoms with Gasteiger partial charge in [-0.25, -0.2) is 62.2 Å². The Morgan fingerprint density at radius 2 is 0.873 bits per heavy atom. The highest BCUT2D eigenvalue weighted by atomic mass is 35.5. The summed E-state index contributed by atoms with van der Waals surface area (Å²) in [4.78, 5) is 87.0. The average Bonchev–Trinajstić information content (AvgIpc) is 1.61. The fourth-order valence-corrected chi connectivity index (χ4v) is 19.8. The number of fused-ring (bicyclic) bond motifs is 4. The second kappa shape index (κ2) is 37.4. The smallest absolute Gasteiger partial charge is 0.256 e. The number of aliphatic imine (C=N–C) groups is 2. The van der Waals surface area contributed by atoms with E-state index in [2.05, 4.69) is 74.3 Å². The van der Waals surface area contributed by atoms with Gasteiger partial charge in [-0.1, -0.05) is 46.5 Å². The summed E-state index contributed by atoms with van der Waals surface area (Å²) in [7, 11) is -14.1. The topological polar surface area (TPSA) is 396 Å². The van der Waals surface area contributed by atoms with E-state index in [0.29, 0.717) is 76.9 Å². The summed E-state index contributed by atoms with van der Waals surface area (Å²) in [6.45, 7) is 20.0. The summed E-state index contributed by atoms with van der Waals surface area (Å²) in [6.07, 6.45) is 19.9. The fraction of sp³-hybridized carbons (Fsp3) is 0.425. The second-order valence-corrected chi connectivity index (χ2v) is 41.4. The monoisotopic (exact) mass is 1830 g/mol. The highest BCUT2D eigenvalue weighted by Gasteiger charge is 2.42. The number of hydrogen-bond donors (Lipinski definition) is 5. The number of anilines is 5. The highest BCUT2D eigenvalue weighted by molar-refractivity contribution is 7.92. The van der Waals surface area contributed by atoms with Crippen LogP contribution in [-0.2, 0) is 40.1 Å². The Hall–Kier alpha value is -11.1. The first-order valence-corrected chi connectivity index (χ1v) is 50.3. The molecule has 39 heteroatoms. The number of dihydropyridines is 1. The lowest BCUT2D eigenvalue weighted by molar-refractivity contribution is 0.0594. The van der Waals surface area contributed by atoms with Crippen LogP contribution in [-0.4, -0.2) is 215 Å². The van der Waals surface area contributed by atoms with Gasteiger partial charge < -0.3 is 29.8 Å². The minimum atomic E-state index is -3.57. The number of nitrogens with one attached hydrogen (secondary N) is 5. The van der Waals surface area contributed by atoms with Gasteiger partial charge in [-0.2, -0.15) is 10.1 Å². The second-order valence-electron chi connectivity index (χ2n) is 33.5. The SMILES string of the molecule is CC1=CC(C)=NC2N=C([C@@H]3CCCCN3C(=O)c3cc(C)ccc3NS(C)(=O)=O)NC12.CS(=O)(=O)Nc1ccc(Cl)cc1C(=O)N1CCCC[C@H]1c1cc2ccc(N3CCC3)nn2c1.Cc1cc(C)n2nc(C3CCCCN3C(=O)c3cc(Cl)ccc3NS(C)(=O)=O)nc2n1.Cc1ccc(NS(C)(=O)=O)c(C(=O)N2CCCC[C@H]2c2nc3cc(C)cc(C)n3n2)c1. The molecule has 0 bridgehead atoms. The van der Waals surface area contributed by atoms with Gasteiger partial charge in [-0.05, 0) is 259 Å². The van der Waals surface area contributed by atoms with Crippen molar-refractivity contribution in [3.8, 4) is 0 Å². The highest BCUT2D eigenvalue weighted by Crippen LogP contribution is 2.40. The predicted octanol–water partition coefficient (Wildman–Crippen LogP) is 12.9. The third-order valence-electron chi connectivity index (χ3n) is 23.0. The number of piperidine rings is 4. The van der Waals surface area contributed by atoms with Crippen LogP contribution >= 0.6 is 23.2 Å². The molecule has 13 heterocycles. The molecule has 0 radical (unpaired) electrons. The van der Waals surface area contributed by atoms with Crippen LogP contribution in [0.1, 0.15) is 208 Å². The van der Waals surface area contributed by atoms with E-state index in [0.717, 1.165) is 177 Å². The number of hydrogen-bond acceptors (Lipinski definition) is 22. The molecule has 5 fully saturated rings. The van der Waals surface area contributed by atoms with Gasteiger partial charge in [-0.3, -0.25) is 43.1 Å². The Morgan fingerprint density at radius 1 is 0.429 bits per heavy atom. The van der Waals surface area contributed by atoms with Crippen LogP contribution in [0.3, 0.4) is 0 Å². The van der Waals surface area contributed by atoms with E-state index < -0.39 is 40.1 Å². The zero-order valence-electron chi connectivity index (χ0n) is 72.4. The van der Waals surface area contributed by atoms with Crippen LogP contribution < -0.4 is 29.1 Å². The molecule has 5 saturated heterocycles. The van der Waals surface area contributed by atoms with Crippen molar-refractivity contribution in [2.24, 2.45) is 9.98 Å². The van der Waals surface area contributed by atoms with Crippen molar-refractivity contribution in [1.82, 2.24) is 68.7 Å². The number of benzene rings is 4. The minimum absolute atomic E-state index is 0.0269. The van der Waals surface area contributed by atoms with E-state index in [1.165, 1.54) is 36.3 Å². The summed E-state index contributed by atoms with van der Waals surface area (Å²) in [5.41, 5.74) is 12.7. The molecule has 0 aliphatic carbocycles. The van der Waals surface area contributed by atoms with Crippen molar-refractivity contribution >= 4 is 144 Å². The Morgan fingerprint density at radius 3 is 1.37 bits per heavy atom. The molecule has 4 amide bonds. The first kappa shape index (κ1) is 91.1. The number of allylic oxidation sites excluding steroid dienone is 1. The standard InChI is InChI=1S/C23H26ClN5O3S.C22H27N5O3S.C22H29N5O3S.C20H23ClN6O3S/c1-33(31,32)26-20-8-6-17(24)14-19(20)23(30)28-12-3-2-5-21(28)16-13-18-7-9-22(25-29(18)15-16)27-10-4-11-27;1-14-8-9-18(25-31(4,29)30)17(12-14)22(28)26-10-6-5-7-19(26)21-23-20-13-15(2)11-16(3)27(20)24-21;1-13-8-9-17(26-31(4,29)30)16(11-13)22(28)27-10-6-5-7-18(27)20-24-19-14(2)12-15(3)23-21(19)25-20;1-12-10-13(2)27-20(22-12)23-18(24-27)17-6-4-5-9-26(17)19(28)15-11-14(21)7-8-16(15)25-31(3,29)30/h6-9,13-15,21,26H,2-5,10-12H2,1H3;8-9,11-13,19,25H,5-7,10H2,1-4H3;8-9,11-12,18-19,21,26H,5-7,10H2,1-4H3,(H,24,25);7-8,10-11,17,25H,4-6,9H2,1-3H3/t21-;19-;18-,19?,21?;/m000./s1. The predicted molar refractivity (Wildman–Crippen MR) is 490 cm³/mol. The Labute approximate surface area is 744 Å². The van der Waals surface area contributed by atoms with Gasteiger partial charge in [0.2, 0.25) is 40.1 Å². The molecule has 7 aliphatic heterocycles. The summed E-state index contributed by atoms with van der Waals surface area (Å²) in [5, 5.41) is 18.3. The number of rotatable bonds is 17. The van der Waals surface area contributed by atoms with Crippen LogP contribution in [0.2, 0.25) is 10.0 Å². The minimum Gasteiger partial charge on any atom is -0.361 e. The summed E-state index contributed by atoms with van der Waals surface area (Å²) >= 11 is 12.3. The zero-order chi connectivity index (χ0) is 90.2. The Bertz CT molecular complexity index is 6320. The number of carbonyl (C=O) groups is 4. The number of nitrogens with zero attached hydrogens (tertiary/aromatic N) is 16. The molecule has 10 aromatic rings. The fourth-order valence-electron chi connectivity index (χ4n) is 17.2. The number of pyridine rings is 1. The van der Waals surface area contributed by atoms with Crippen LogP contribution in [0.25, 0.3) is 16.9 Å². The van der Waals surface area contributed by atoms with Crippen molar-refractivity contribution in [2.45, 2.75) is 175 Å². The van der Waals surface area contributed by atoms with Crippen LogP contribution in [0.15, 0.2) is 137 Å². The number of amides is 4. The maximum Gasteiger partial charge on any atom is 0.256 e.